The largest absolute Gasteiger partial charge is 0.462 e. The number of esters is 1. The zero-order chi connectivity index (χ0) is 13.8. The number of nitrogens with two attached hydrogens (primary N) is 1. The maximum atomic E-state index is 11.8. The first kappa shape index (κ1) is 14.0. The molecule has 1 aliphatic rings. The van der Waals surface area contributed by atoms with Crippen LogP contribution in [0.25, 0.3) is 0 Å². The summed E-state index contributed by atoms with van der Waals surface area (Å²) in [6.45, 7) is 2.11. The average molecular weight is 281 g/mol. The number of rotatable bonds is 4. The van der Waals surface area contributed by atoms with Gasteiger partial charge in [-0.1, -0.05) is 0 Å². The molecule has 1 atom stereocenters. The van der Waals surface area contributed by atoms with Crippen LogP contribution in [0.4, 0.5) is 11.5 Å². The lowest BCUT2D eigenvalue weighted by Crippen LogP contribution is -2.33. The molecule has 1 aromatic rings. The number of nitrogen functional groups attached to an aromatic ring is 1. The average Bonchev–Trinajstić information content (AvgIpc) is 2.92. The van der Waals surface area contributed by atoms with Crippen molar-refractivity contribution in [2.45, 2.75) is 19.4 Å². The summed E-state index contributed by atoms with van der Waals surface area (Å²) < 4.78 is 5.00. The second kappa shape index (κ2) is 6.14. The van der Waals surface area contributed by atoms with E-state index < -0.39 is 5.97 Å². The molecule has 19 heavy (non-hydrogen) atoms. The van der Waals surface area contributed by atoms with Gasteiger partial charge in [0.25, 0.3) is 0 Å². The van der Waals surface area contributed by atoms with Gasteiger partial charge in [-0.3, -0.25) is 0 Å². The highest BCUT2D eigenvalue weighted by molar-refractivity contribution is 7.99. The van der Waals surface area contributed by atoms with Crippen LogP contribution < -0.4 is 10.6 Å². The Kier molecular flexibility index (Phi) is 4.52. The third-order valence-corrected chi connectivity index (χ3v) is 4.40. The molecule has 1 saturated heterocycles. The van der Waals surface area contributed by atoms with Crippen molar-refractivity contribution < 1.29 is 9.53 Å². The number of anilines is 2. The van der Waals surface area contributed by atoms with Gasteiger partial charge in [0.1, 0.15) is 0 Å². The summed E-state index contributed by atoms with van der Waals surface area (Å²) in [7, 11) is 1.98. The van der Waals surface area contributed by atoms with E-state index in [9.17, 15) is 4.79 Å². The van der Waals surface area contributed by atoms with Gasteiger partial charge in [-0.25, -0.2) is 9.78 Å². The van der Waals surface area contributed by atoms with E-state index in [0.29, 0.717) is 29.7 Å². The van der Waals surface area contributed by atoms with Crippen LogP contribution in [0.1, 0.15) is 23.7 Å². The smallest absolute Gasteiger partial charge is 0.340 e. The molecule has 1 aromatic heterocycles. The summed E-state index contributed by atoms with van der Waals surface area (Å²) in [6, 6.07) is 2.03. The molecule has 0 bridgehead atoms. The Morgan fingerprint density at radius 3 is 3.11 bits per heavy atom. The SMILES string of the molecule is CCOC(=O)c1ccnc(N(C)C2CCSC2)c1N. The molecule has 0 aromatic carbocycles. The quantitative estimate of drug-likeness (QED) is 0.849. The number of thioether (sulfide) groups is 1. The summed E-state index contributed by atoms with van der Waals surface area (Å²) >= 11 is 1.93. The zero-order valence-electron chi connectivity index (χ0n) is 11.3. The fourth-order valence-electron chi connectivity index (χ4n) is 2.13. The molecule has 1 unspecified atom stereocenters. The van der Waals surface area contributed by atoms with Crippen molar-refractivity contribution in [3.05, 3.63) is 17.8 Å². The van der Waals surface area contributed by atoms with E-state index in [-0.39, 0.29) is 0 Å². The van der Waals surface area contributed by atoms with E-state index in [1.54, 1.807) is 19.2 Å². The van der Waals surface area contributed by atoms with Crippen LogP contribution in [0.2, 0.25) is 0 Å². The van der Waals surface area contributed by atoms with Gasteiger partial charge >= 0.3 is 5.97 Å². The van der Waals surface area contributed by atoms with Gasteiger partial charge < -0.3 is 15.4 Å². The molecule has 104 valence electrons. The fourth-order valence-corrected chi connectivity index (χ4v) is 3.40. The van der Waals surface area contributed by atoms with Crippen LogP contribution in [0.15, 0.2) is 12.3 Å². The molecule has 1 aliphatic heterocycles. The Morgan fingerprint density at radius 2 is 2.47 bits per heavy atom. The fraction of sp³-hybridized carbons (Fsp3) is 0.538. The molecule has 2 heterocycles. The summed E-state index contributed by atoms with van der Waals surface area (Å²) in [5, 5.41) is 0. The molecule has 2 N–H and O–H groups in total. The van der Waals surface area contributed by atoms with E-state index in [4.69, 9.17) is 10.5 Å². The van der Waals surface area contributed by atoms with Crippen molar-refractivity contribution in [1.29, 1.82) is 0 Å². The maximum Gasteiger partial charge on any atom is 0.340 e. The van der Waals surface area contributed by atoms with E-state index in [1.165, 1.54) is 0 Å². The van der Waals surface area contributed by atoms with E-state index in [0.717, 1.165) is 17.9 Å². The number of hydrogen-bond donors (Lipinski definition) is 1. The Labute approximate surface area is 117 Å². The van der Waals surface area contributed by atoms with Crippen LogP contribution in [0.3, 0.4) is 0 Å². The van der Waals surface area contributed by atoms with Crippen molar-refractivity contribution in [2.24, 2.45) is 0 Å². The highest BCUT2D eigenvalue weighted by Crippen LogP contribution is 2.29. The molecule has 0 aliphatic carbocycles. The zero-order valence-corrected chi connectivity index (χ0v) is 12.1. The molecule has 0 saturated carbocycles. The molecule has 0 radical (unpaired) electrons. The molecule has 0 spiro atoms. The predicted molar refractivity (Wildman–Crippen MR) is 78.7 cm³/mol. The van der Waals surface area contributed by atoms with Gasteiger partial charge in [0.15, 0.2) is 5.82 Å². The summed E-state index contributed by atoms with van der Waals surface area (Å²) in [5.74, 6) is 2.50. The monoisotopic (exact) mass is 281 g/mol. The first-order valence-corrected chi connectivity index (χ1v) is 7.52. The number of nitrogens with zero attached hydrogens (tertiary/aromatic N) is 2. The highest BCUT2D eigenvalue weighted by atomic mass is 32.2. The lowest BCUT2D eigenvalue weighted by atomic mass is 10.2. The molecule has 6 heteroatoms. The van der Waals surface area contributed by atoms with E-state index in [2.05, 4.69) is 9.88 Å². The van der Waals surface area contributed by atoms with Crippen molar-refractivity contribution in [3.63, 3.8) is 0 Å². The third kappa shape index (κ3) is 2.94. The molecule has 0 amide bonds. The Hall–Kier alpha value is -1.43. The minimum Gasteiger partial charge on any atom is -0.462 e. The van der Waals surface area contributed by atoms with Crippen molar-refractivity contribution in [1.82, 2.24) is 4.98 Å². The number of carbonyl (C=O) groups excluding carboxylic acids is 1. The predicted octanol–water partition coefficient (Wildman–Crippen LogP) is 1.78. The topological polar surface area (TPSA) is 68.5 Å². The van der Waals surface area contributed by atoms with Crippen LogP contribution in [0.5, 0.6) is 0 Å². The third-order valence-electron chi connectivity index (χ3n) is 3.25. The van der Waals surface area contributed by atoms with Crippen LogP contribution >= 0.6 is 11.8 Å². The van der Waals surface area contributed by atoms with E-state index in [1.807, 2.05) is 18.8 Å². The van der Waals surface area contributed by atoms with Gasteiger partial charge in [0, 0.05) is 25.0 Å². The summed E-state index contributed by atoms with van der Waals surface area (Å²) in [5.41, 5.74) is 6.87. The van der Waals surface area contributed by atoms with E-state index >= 15 is 0 Å². The molecule has 1 fully saturated rings. The number of pyridine rings is 1. The van der Waals surface area contributed by atoms with Gasteiger partial charge in [0.2, 0.25) is 0 Å². The maximum absolute atomic E-state index is 11.8. The molecule has 2 rings (SSSR count). The Balaban J connectivity index is 2.25. The van der Waals surface area contributed by atoms with Gasteiger partial charge in [-0.2, -0.15) is 11.8 Å². The number of aromatic nitrogens is 1. The van der Waals surface area contributed by atoms with Gasteiger partial charge in [-0.15, -0.1) is 0 Å². The molecular weight excluding hydrogens is 262 g/mol. The van der Waals surface area contributed by atoms with Crippen molar-refractivity contribution >= 4 is 29.2 Å². The van der Waals surface area contributed by atoms with Crippen LogP contribution in [-0.4, -0.2) is 42.2 Å². The lowest BCUT2D eigenvalue weighted by molar-refractivity contribution is 0.0527. The number of ether oxygens (including phenoxy) is 1. The first-order valence-electron chi connectivity index (χ1n) is 6.37. The number of carbonyl (C=O) groups is 1. The second-order valence-corrected chi connectivity index (χ2v) is 5.59. The van der Waals surface area contributed by atoms with Gasteiger partial charge in [-0.05, 0) is 25.2 Å². The summed E-state index contributed by atoms with van der Waals surface area (Å²) in [6.07, 6.45) is 2.72. The first-order chi connectivity index (χ1) is 9.15. The molecule has 5 nitrogen and oxygen atoms in total. The molecular formula is C13H19N3O2S. The van der Waals surface area contributed by atoms with Crippen molar-refractivity contribution in [2.75, 3.05) is 35.8 Å². The minimum absolute atomic E-state index is 0.338. The van der Waals surface area contributed by atoms with Crippen molar-refractivity contribution in [3.8, 4) is 0 Å². The van der Waals surface area contributed by atoms with Crippen LogP contribution in [-0.2, 0) is 4.74 Å². The van der Waals surface area contributed by atoms with Gasteiger partial charge in [0.05, 0.1) is 17.9 Å². The number of hydrogen-bond acceptors (Lipinski definition) is 6. The minimum atomic E-state index is -0.391. The summed E-state index contributed by atoms with van der Waals surface area (Å²) in [4.78, 5) is 18.2. The lowest BCUT2D eigenvalue weighted by Gasteiger charge is -2.26. The Bertz CT molecular complexity index is 461. The second-order valence-electron chi connectivity index (χ2n) is 4.44. The normalized spacial score (nSPS) is 18.3. The van der Waals surface area contributed by atoms with Crippen LogP contribution in [0, 0.1) is 0 Å². The standard InChI is InChI=1S/C13H19N3O2S/c1-3-18-13(17)10-4-6-15-12(11(10)14)16(2)9-5-7-19-8-9/h4,6,9H,3,5,7-8,14H2,1-2H3. The highest BCUT2D eigenvalue weighted by Gasteiger charge is 2.24. The Morgan fingerprint density at radius 1 is 1.68 bits per heavy atom.